The van der Waals surface area contributed by atoms with Crippen LogP contribution >= 0.6 is 15.6 Å². The van der Waals surface area contributed by atoms with Crippen LogP contribution in [0.25, 0.3) is 0 Å². The second-order valence-electron chi connectivity index (χ2n) is 7.74. The van der Waals surface area contributed by atoms with Crippen LogP contribution in [0.3, 0.4) is 0 Å². The molecule has 0 aromatic carbocycles. The van der Waals surface area contributed by atoms with Gasteiger partial charge < -0.3 is 42.9 Å². The van der Waals surface area contributed by atoms with Crippen molar-refractivity contribution in [2.75, 3.05) is 81.8 Å². The number of phosphoric ester groups is 2. The van der Waals surface area contributed by atoms with Gasteiger partial charge in [0.25, 0.3) is 0 Å². The molecule has 0 heterocycles. The summed E-state index contributed by atoms with van der Waals surface area (Å²) in [6, 6.07) is 0. The summed E-state index contributed by atoms with van der Waals surface area (Å²) in [5.74, 6) is 0. The second kappa shape index (κ2) is 12.6. The summed E-state index contributed by atoms with van der Waals surface area (Å²) in [6.45, 7) is 0.110. The van der Waals surface area contributed by atoms with Crippen molar-refractivity contribution in [3.63, 3.8) is 0 Å². The van der Waals surface area contributed by atoms with Gasteiger partial charge in [-0.3, -0.25) is 9.05 Å². The summed E-state index contributed by atoms with van der Waals surface area (Å²) in [6.07, 6.45) is -1.18. The highest BCUT2D eigenvalue weighted by Crippen LogP contribution is 2.43. The molecule has 0 aliphatic heterocycles. The lowest BCUT2D eigenvalue weighted by molar-refractivity contribution is -0.870. The maximum Gasteiger partial charge on any atom is 0.472 e. The van der Waals surface area contributed by atoms with Gasteiger partial charge in [0, 0.05) is 0 Å². The number of aliphatic hydroxyl groups is 2. The molecule has 166 valence electrons. The van der Waals surface area contributed by atoms with Crippen LogP contribution in [0.1, 0.15) is 0 Å². The first-order chi connectivity index (χ1) is 11.9. The normalized spacial score (nSPS) is 16.3. The molecular weight excluding hydrogens is 406 g/mol. The average Bonchev–Trinajstić information content (AvgIpc) is 2.41. The number of aliphatic hydroxyl groups excluding tert-OH is 2. The number of phosphoric acid groups is 2. The molecule has 0 saturated heterocycles. The average molecular weight is 440 g/mol. The minimum atomic E-state index is -4.76. The number of hydrogen-bond acceptors (Lipinski definition) is 9. The van der Waals surface area contributed by atoms with Crippen LogP contribution in [0.2, 0.25) is 0 Å². The van der Waals surface area contributed by atoms with Crippen molar-refractivity contribution in [2.45, 2.75) is 6.10 Å². The standard InChI is InChI=1S/C8H20NO6P.C5H14NO4P/c1-9(2,3)4-5-14-16(12,13)15-7-8(11)6-10;1-6(2,3)4-5-10-11(7,8)9/h8,10-11H,4-7H2,1-3H3;4-5H2,1-3H3,(H-,7,8,9). The van der Waals surface area contributed by atoms with Gasteiger partial charge in [-0.15, -0.1) is 0 Å². The third-order valence-corrected chi connectivity index (χ3v) is 4.15. The highest BCUT2D eigenvalue weighted by atomic mass is 31.2. The summed E-state index contributed by atoms with van der Waals surface area (Å²) < 4.78 is 35.5. The molecule has 0 fully saturated rings. The van der Waals surface area contributed by atoms with E-state index in [1.54, 1.807) is 0 Å². The van der Waals surface area contributed by atoms with Gasteiger partial charge in [-0.25, -0.2) is 4.57 Å². The molecule has 14 heteroatoms. The summed E-state index contributed by atoms with van der Waals surface area (Å²) in [7, 11) is 2.50. The molecule has 27 heavy (non-hydrogen) atoms. The fourth-order valence-corrected chi connectivity index (χ4v) is 2.18. The predicted molar refractivity (Wildman–Crippen MR) is 94.2 cm³/mol. The molecule has 0 rings (SSSR count). The minimum absolute atomic E-state index is 0.0478. The highest BCUT2D eigenvalue weighted by Gasteiger charge is 2.23. The van der Waals surface area contributed by atoms with Crippen LogP contribution in [0, 0.1) is 0 Å². The van der Waals surface area contributed by atoms with Crippen LogP contribution in [0.15, 0.2) is 0 Å². The molecule has 2 unspecified atom stereocenters. The molecule has 0 aliphatic carbocycles. The third kappa shape index (κ3) is 26.1. The zero-order valence-electron chi connectivity index (χ0n) is 16.8. The van der Waals surface area contributed by atoms with Gasteiger partial charge in [-0.05, 0) is 0 Å². The van der Waals surface area contributed by atoms with E-state index in [-0.39, 0.29) is 13.2 Å². The van der Waals surface area contributed by atoms with Crippen molar-refractivity contribution in [1.29, 1.82) is 0 Å². The summed E-state index contributed by atoms with van der Waals surface area (Å²) in [4.78, 5) is 29.1. The van der Waals surface area contributed by atoms with Crippen LogP contribution in [0.5, 0.6) is 0 Å². The molecule has 3 N–H and O–H groups in total. The van der Waals surface area contributed by atoms with Crippen LogP contribution in [-0.4, -0.2) is 112 Å². The molecular formula is C13H34N2O10P2. The molecule has 0 radical (unpaired) electrons. The summed E-state index contributed by atoms with van der Waals surface area (Å²) in [5.41, 5.74) is 0. The quantitative estimate of drug-likeness (QED) is 0.222. The van der Waals surface area contributed by atoms with Crippen LogP contribution in [0.4, 0.5) is 0 Å². The SMILES string of the molecule is C[N+](C)(C)CCOP(=O)(O)OCC(O)CO.C[N+](C)(C)CCOP(=O)([O-])[O-]. The molecule has 0 spiro atoms. The van der Waals surface area contributed by atoms with Gasteiger partial charge in [0.15, 0.2) is 0 Å². The lowest BCUT2D eigenvalue weighted by atomic mass is 10.4. The number of quaternary nitrogens is 2. The van der Waals surface area contributed by atoms with E-state index in [1.165, 1.54) is 0 Å². The van der Waals surface area contributed by atoms with Crippen LogP contribution < -0.4 is 9.79 Å². The Hall–Kier alpha value is 0.0600. The number of likely N-dealkylation sites (N-methyl/N-ethyl adjacent to an activating group) is 2. The minimum Gasteiger partial charge on any atom is -0.790 e. The molecule has 12 nitrogen and oxygen atoms in total. The Morgan fingerprint density at radius 1 is 0.889 bits per heavy atom. The van der Waals surface area contributed by atoms with E-state index in [4.69, 9.17) is 15.1 Å². The van der Waals surface area contributed by atoms with E-state index in [0.29, 0.717) is 22.1 Å². The smallest absolute Gasteiger partial charge is 0.472 e. The summed E-state index contributed by atoms with van der Waals surface area (Å²) in [5, 5.41) is 17.4. The van der Waals surface area contributed by atoms with Gasteiger partial charge in [0.1, 0.15) is 32.4 Å². The molecule has 0 amide bonds. The third-order valence-electron chi connectivity index (χ3n) is 2.67. The topological polar surface area (TPSA) is 169 Å². The van der Waals surface area contributed by atoms with Crippen molar-refractivity contribution in [2.24, 2.45) is 0 Å². The largest absolute Gasteiger partial charge is 0.790 e. The fraction of sp³-hybridized carbons (Fsp3) is 1.00. The second-order valence-corrected chi connectivity index (χ2v) is 10.3. The number of nitrogens with zero attached hydrogens (tertiary/aromatic N) is 2. The molecule has 0 saturated carbocycles. The predicted octanol–water partition coefficient (Wildman–Crippen LogP) is -2.28. The summed E-state index contributed by atoms with van der Waals surface area (Å²) >= 11 is 0. The Morgan fingerprint density at radius 3 is 1.63 bits per heavy atom. The van der Waals surface area contributed by atoms with Gasteiger partial charge in [0.05, 0.1) is 63.3 Å². The monoisotopic (exact) mass is 440 g/mol. The lowest BCUT2D eigenvalue weighted by Crippen LogP contribution is -2.38. The van der Waals surface area contributed by atoms with E-state index in [9.17, 15) is 18.9 Å². The molecule has 0 bridgehead atoms. The van der Waals surface area contributed by atoms with E-state index < -0.39 is 35.0 Å². The van der Waals surface area contributed by atoms with E-state index in [2.05, 4.69) is 13.6 Å². The molecule has 0 aromatic rings. The highest BCUT2D eigenvalue weighted by molar-refractivity contribution is 7.47. The fourth-order valence-electron chi connectivity index (χ4n) is 1.13. The van der Waals surface area contributed by atoms with Crippen molar-refractivity contribution >= 4 is 15.6 Å². The van der Waals surface area contributed by atoms with Gasteiger partial charge >= 0.3 is 7.82 Å². The maximum atomic E-state index is 11.2. The van der Waals surface area contributed by atoms with Gasteiger partial charge in [-0.2, -0.15) is 0 Å². The lowest BCUT2D eigenvalue weighted by Gasteiger charge is -2.31. The Kier molecular flexibility index (Phi) is 13.6. The number of hydrogen-bond donors (Lipinski definition) is 3. The van der Waals surface area contributed by atoms with Crippen molar-refractivity contribution in [3.8, 4) is 0 Å². The Bertz CT molecular complexity index is 486. The Labute approximate surface area is 160 Å². The first kappa shape index (κ1) is 29.3. The zero-order valence-corrected chi connectivity index (χ0v) is 18.6. The first-order valence-corrected chi connectivity index (χ1v) is 11.0. The first-order valence-electron chi connectivity index (χ1n) is 8.05. The molecule has 2 atom stereocenters. The number of rotatable bonds is 12. The van der Waals surface area contributed by atoms with E-state index in [1.807, 2.05) is 42.3 Å². The maximum absolute atomic E-state index is 11.2. The van der Waals surface area contributed by atoms with Crippen molar-refractivity contribution in [3.05, 3.63) is 0 Å². The Morgan fingerprint density at radius 2 is 1.30 bits per heavy atom. The van der Waals surface area contributed by atoms with Gasteiger partial charge in [-0.1, -0.05) is 0 Å². The van der Waals surface area contributed by atoms with E-state index in [0.717, 1.165) is 0 Å². The zero-order chi connectivity index (χ0) is 21.9. The van der Waals surface area contributed by atoms with Crippen LogP contribution in [-0.2, 0) is 22.7 Å². The molecule has 0 aliphatic rings. The van der Waals surface area contributed by atoms with E-state index >= 15 is 0 Å². The van der Waals surface area contributed by atoms with Crippen molar-refractivity contribution in [1.82, 2.24) is 0 Å². The molecule has 0 aromatic heterocycles. The van der Waals surface area contributed by atoms with Gasteiger partial charge in [0.2, 0.25) is 0 Å². The Balaban J connectivity index is 0. The van der Waals surface area contributed by atoms with Crippen molar-refractivity contribution < 1.29 is 56.6 Å².